The molecule has 11 aromatic rings. The summed E-state index contributed by atoms with van der Waals surface area (Å²) in [5, 5.41) is 8.56. The fourth-order valence-corrected chi connectivity index (χ4v) is 8.06. The van der Waals surface area contributed by atoms with Gasteiger partial charge in [0.25, 0.3) is 0 Å². The zero-order valence-corrected chi connectivity index (χ0v) is 25.3. The van der Waals surface area contributed by atoms with Crippen molar-refractivity contribution in [1.29, 1.82) is 0 Å². The van der Waals surface area contributed by atoms with Gasteiger partial charge in [0.1, 0.15) is 5.65 Å². The zero-order chi connectivity index (χ0) is 30.6. The van der Waals surface area contributed by atoms with Crippen molar-refractivity contribution >= 4 is 82.0 Å². The van der Waals surface area contributed by atoms with Crippen LogP contribution in [-0.4, -0.2) is 18.5 Å². The number of pyridine rings is 1. The van der Waals surface area contributed by atoms with E-state index in [1.165, 1.54) is 59.9 Å². The molecule has 0 amide bonds. The summed E-state index contributed by atoms with van der Waals surface area (Å²) in [5.41, 5.74) is 11.4. The maximum absolute atomic E-state index is 5.24. The standard InChI is InChI=1S/C43H26N4/c1-3-13-27(14-4-1)45-39-24-23-31-29-17-7-10-20-36(29)46(28-15-5-2-6-16-28)42(31)41(39)34-25-32-30-18-8-11-21-37(30)47-38-22-12-9-19-35(38)44-43(47)33(32)26-40(34)45/h1-26H. The lowest BCUT2D eigenvalue weighted by atomic mass is 10.0. The Morgan fingerprint density at radius 2 is 0.979 bits per heavy atom. The van der Waals surface area contributed by atoms with Crippen LogP contribution in [0.2, 0.25) is 0 Å². The fraction of sp³-hybridized carbons (Fsp3) is 0. The average Bonchev–Trinajstić information content (AvgIpc) is 3.79. The molecule has 0 aliphatic carbocycles. The third-order valence-corrected chi connectivity index (χ3v) is 9.97. The largest absolute Gasteiger partial charge is 0.309 e. The molecule has 4 nitrogen and oxygen atoms in total. The normalized spacial score (nSPS) is 12.3. The Labute approximate surface area is 268 Å². The lowest BCUT2D eigenvalue weighted by Gasteiger charge is -2.11. The van der Waals surface area contributed by atoms with Gasteiger partial charge in [-0.05, 0) is 72.1 Å². The van der Waals surface area contributed by atoms with Crippen LogP contribution in [0, 0.1) is 0 Å². The van der Waals surface area contributed by atoms with Gasteiger partial charge in [0.2, 0.25) is 0 Å². The van der Waals surface area contributed by atoms with Crippen molar-refractivity contribution < 1.29 is 0 Å². The van der Waals surface area contributed by atoms with E-state index in [0.29, 0.717) is 0 Å². The summed E-state index contributed by atoms with van der Waals surface area (Å²) in [5.74, 6) is 0. The number of benzene rings is 7. The van der Waals surface area contributed by atoms with Crippen molar-refractivity contribution in [3.8, 4) is 11.4 Å². The fourth-order valence-electron chi connectivity index (χ4n) is 8.06. The first-order chi connectivity index (χ1) is 23.3. The SMILES string of the molecule is c1ccc(-n2c3cc4c(cc3c3c2ccc2c5ccccc5n(-c5ccccc5)c23)c2ccccc2n2c3ccccc3nc42)cc1. The van der Waals surface area contributed by atoms with Gasteiger partial charge in [0.15, 0.2) is 0 Å². The first-order valence-electron chi connectivity index (χ1n) is 16.1. The van der Waals surface area contributed by atoms with Crippen molar-refractivity contribution in [2.75, 3.05) is 0 Å². The predicted octanol–water partition coefficient (Wildman–Crippen LogP) is 11.0. The van der Waals surface area contributed by atoms with Gasteiger partial charge in [-0.25, -0.2) is 4.98 Å². The zero-order valence-electron chi connectivity index (χ0n) is 25.3. The molecule has 7 aromatic carbocycles. The van der Waals surface area contributed by atoms with E-state index in [2.05, 4.69) is 171 Å². The smallest absolute Gasteiger partial charge is 0.146 e. The van der Waals surface area contributed by atoms with Crippen LogP contribution >= 0.6 is 0 Å². The van der Waals surface area contributed by atoms with Crippen molar-refractivity contribution in [2.45, 2.75) is 0 Å². The van der Waals surface area contributed by atoms with E-state index in [9.17, 15) is 0 Å². The van der Waals surface area contributed by atoms with Crippen LogP contribution in [-0.2, 0) is 0 Å². The van der Waals surface area contributed by atoms with Crippen LogP contribution in [0.15, 0.2) is 158 Å². The van der Waals surface area contributed by atoms with E-state index < -0.39 is 0 Å². The van der Waals surface area contributed by atoms with Crippen molar-refractivity contribution in [3.63, 3.8) is 0 Å². The summed E-state index contributed by atoms with van der Waals surface area (Å²) in [7, 11) is 0. The number of nitrogens with zero attached hydrogens (tertiary/aromatic N) is 4. The number of imidazole rings is 1. The summed E-state index contributed by atoms with van der Waals surface area (Å²) in [4.78, 5) is 5.24. The Kier molecular flexibility index (Phi) is 4.81. The van der Waals surface area contributed by atoms with E-state index in [0.717, 1.165) is 33.4 Å². The van der Waals surface area contributed by atoms with E-state index in [1.54, 1.807) is 0 Å². The second-order valence-corrected chi connectivity index (χ2v) is 12.4. The molecule has 0 bridgehead atoms. The van der Waals surface area contributed by atoms with Crippen LogP contribution in [0.1, 0.15) is 0 Å². The average molecular weight is 599 g/mol. The Bertz CT molecular complexity index is 3050. The summed E-state index contributed by atoms with van der Waals surface area (Å²) < 4.78 is 7.22. The highest BCUT2D eigenvalue weighted by Gasteiger charge is 2.23. The van der Waals surface area contributed by atoms with E-state index >= 15 is 0 Å². The highest BCUT2D eigenvalue weighted by Crippen LogP contribution is 2.44. The lowest BCUT2D eigenvalue weighted by molar-refractivity contribution is 1.17. The molecule has 0 unspecified atom stereocenters. The van der Waals surface area contributed by atoms with Crippen molar-refractivity contribution in [2.24, 2.45) is 0 Å². The Morgan fingerprint density at radius 1 is 0.362 bits per heavy atom. The van der Waals surface area contributed by atoms with Gasteiger partial charge in [-0.2, -0.15) is 0 Å². The van der Waals surface area contributed by atoms with Gasteiger partial charge >= 0.3 is 0 Å². The Balaban J connectivity index is 1.43. The summed E-state index contributed by atoms with van der Waals surface area (Å²) in [6.45, 7) is 0. The van der Waals surface area contributed by atoms with Crippen LogP contribution in [0.4, 0.5) is 0 Å². The van der Waals surface area contributed by atoms with Gasteiger partial charge in [-0.15, -0.1) is 0 Å². The molecular formula is C43H26N4. The maximum atomic E-state index is 5.24. The molecule has 218 valence electrons. The molecule has 0 saturated carbocycles. The van der Waals surface area contributed by atoms with Crippen LogP contribution in [0.3, 0.4) is 0 Å². The second kappa shape index (κ2) is 9.09. The number of rotatable bonds is 2. The van der Waals surface area contributed by atoms with Gasteiger partial charge in [0.05, 0.1) is 38.6 Å². The number of aromatic nitrogens is 4. The number of hydrogen-bond donors (Lipinski definition) is 0. The van der Waals surface area contributed by atoms with Gasteiger partial charge < -0.3 is 9.13 Å². The minimum absolute atomic E-state index is 0.982. The molecule has 0 spiro atoms. The summed E-state index contributed by atoms with van der Waals surface area (Å²) in [6, 6.07) is 57.0. The highest BCUT2D eigenvalue weighted by atomic mass is 15.0. The topological polar surface area (TPSA) is 27.2 Å². The van der Waals surface area contributed by atoms with E-state index in [4.69, 9.17) is 4.98 Å². The predicted molar refractivity (Wildman–Crippen MR) is 196 cm³/mol. The van der Waals surface area contributed by atoms with Crippen LogP contribution < -0.4 is 0 Å². The second-order valence-electron chi connectivity index (χ2n) is 12.4. The molecule has 0 radical (unpaired) electrons. The monoisotopic (exact) mass is 598 g/mol. The number of para-hydroxylation sites is 6. The molecule has 11 rings (SSSR count). The van der Waals surface area contributed by atoms with Crippen LogP contribution in [0.25, 0.3) is 93.3 Å². The third-order valence-electron chi connectivity index (χ3n) is 9.97. The molecule has 0 fully saturated rings. The van der Waals surface area contributed by atoms with Crippen LogP contribution in [0.5, 0.6) is 0 Å². The molecule has 0 N–H and O–H groups in total. The highest BCUT2D eigenvalue weighted by molar-refractivity contribution is 6.29. The molecule has 0 aliphatic rings. The Morgan fingerprint density at radius 3 is 1.74 bits per heavy atom. The van der Waals surface area contributed by atoms with Gasteiger partial charge in [-0.1, -0.05) is 91.0 Å². The van der Waals surface area contributed by atoms with E-state index in [1.807, 2.05) is 0 Å². The summed E-state index contributed by atoms with van der Waals surface area (Å²) >= 11 is 0. The van der Waals surface area contributed by atoms with Crippen molar-refractivity contribution in [3.05, 3.63) is 158 Å². The van der Waals surface area contributed by atoms with Gasteiger partial charge in [0, 0.05) is 43.7 Å². The lowest BCUT2D eigenvalue weighted by Crippen LogP contribution is -1.95. The molecule has 47 heavy (non-hydrogen) atoms. The first-order valence-corrected chi connectivity index (χ1v) is 16.1. The van der Waals surface area contributed by atoms with E-state index in [-0.39, 0.29) is 0 Å². The Hall–Kier alpha value is -6.39. The molecule has 0 atom stereocenters. The maximum Gasteiger partial charge on any atom is 0.146 e. The molecule has 4 aromatic heterocycles. The molecule has 0 aliphatic heterocycles. The number of hydrogen-bond acceptors (Lipinski definition) is 1. The first kappa shape index (κ1) is 24.9. The van der Waals surface area contributed by atoms with Gasteiger partial charge in [-0.3, -0.25) is 4.40 Å². The summed E-state index contributed by atoms with van der Waals surface area (Å²) in [6.07, 6.45) is 0. The molecular weight excluding hydrogens is 573 g/mol. The third kappa shape index (κ3) is 3.23. The minimum Gasteiger partial charge on any atom is -0.309 e. The quantitative estimate of drug-likeness (QED) is 0.182. The molecule has 4 heteroatoms. The minimum atomic E-state index is 0.982. The number of fused-ring (bicyclic) bond motifs is 15. The molecule has 0 saturated heterocycles. The van der Waals surface area contributed by atoms with Crippen molar-refractivity contribution in [1.82, 2.24) is 18.5 Å². The molecule has 4 heterocycles.